The highest BCUT2D eigenvalue weighted by molar-refractivity contribution is 7.89. The summed E-state index contributed by atoms with van der Waals surface area (Å²) in [5.74, 6) is 0. The van der Waals surface area contributed by atoms with Crippen LogP contribution in [0, 0.1) is 0 Å². The molecule has 1 atom stereocenters. The zero-order chi connectivity index (χ0) is 15.5. The molecule has 1 aliphatic rings. The van der Waals surface area contributed by atoms with Crippen LogP contribution in [0.2, 0.25) is 0 Å². The lowest BCUT2D eigenvalue weighted by Gasteiger charge is -2.20. The van der Waals surface area contributed by atoms with Gasteiger partial charge >= 0.3 is 0 Å². The Labute approximate surface area is 128 Å². The highest BCUT2D eigenvalue weighted by Crippen LogP contribution is 2.23. The number of nitrogens with one attached hydrogen (secondary N) is 1. The molecule has 2 rings (SSSR count). The van der Waals surface area contributed by atoms with Gasteiger partial charge in [-0.2, -0.15) is 4.31 Å². The average Bonchev–Trinajstić information content (AvgIpc) is 2.96. The highest BCUT2D eigenvalue weighted by Gasteiger charge is 2.33. The molecule has 1 unspecified atom stereocenters. The van der Waals surface area contributed by atoms with Gasteiger partial charge < -0.3 is 10.2 Å². The second kappa shape index (κ2) is 6.87. The summed E-state index contributed by atoms with van der Waals surface area (Å²) in [5.41, 5.74) is 1.00. The molecule has 0 bridgehead atoms. The molecule has 0 radical (unpaired) electrons. The summed E-state index contributed by atoms with van der Waals surface area (Å²) in [7, 11) is 0.622. The fourth-order valence-corrected chi connectivity index (χ4v) is 4.15. The van der Waals surface area contributed by atoms with Crippen LogP contribution in [-0.4, -0.2) is 57.4 Å². The lowest BCUT2D eigenvalue weighted by Crippen LogP contribution is -2.34. The van der Waals surface area contributed by atoms with Crippen molar-refractivity contribution in [2.45, 2.75) is 30.8 Å². The van der Waals surface area contributed by atoms with Crippen LogP contribution in [0.3, 0.4) is 0 Å². The lowest BCUT2D eigenvalue weighted by atomic mass is 10.2. The van der Waals surface area contributed by atoms with Crippen LogP contribution in [-0.2, 0) is 16.6 Å². The molecule has 1 heterocycles. The summed E-state index contributed by atoms with van der Waals surface area (Å²) < 4.78 is 27.0. The van der Waals surface area contributed by atoms with E-state index in [1.807, 2.05) is 33.2 Å². The molecule has 0 saturated carbocycles. The van der Waals surface area contributed by atoms with Crippen molar-refractivity contribution in [3.8, 4) is 0 Å². The predicted octanol–water partition coefficient (Wildman–Crippen LogP) is 1.12. The minimum absolute atomic E-state index is 0.310. The Morgan fingerprint density at radius 2 is 2.14 bits per heavy atom. The fourth-order valence-electron chi connectivity index (χ4n) is 2.58. The topological polar surface area (TPSA) is 52.7 Å². The van der Waals surface area contributed by atoms with Crippen molar-refractivity contribution in [2.75, 3.05) is 33.7 Å². The first-order valence-corrected chi connectivity index (χ1v) is 8.85. The standard InChI is InChI=1S/C15H25N3O2S/c1-4-16-11-13-6-5-7-15(10-13)21(19,20)18-9-8-14(12-18)17(2)3/h5-7,10,14,16H,4,8-9,11-12H2,1-3H3. The van der Waals surface area contributed by atoms with E-state index in [4.69, 9.17) is 0 Å². The third-order valence-corrected chi connectivity index (χ3v) is 5.83. The Bertz CT molecular complexity index is 572. The van der Waals surface area contributed by atoms with E-state index in [0.717, 1.165) is 18.5 Å². The van der Waals surface area contributed by atoms with E-state index in [1.165, 1.54) is 0 Å². The van der Waals surface area contributed by atoms with Crippen LogP contribution in [0.5, 0.6) is 0 Å². The Kier molecular flexibility index (Phi) is 5.37. The third kappa shape index (κ3) is 3.83. The van der Waals surface area contributed by atoms with E-state index in [2.05, 4.69) is 10.2 Å². The van der Waals surface area contributed by atoms with Crippen molar-refractivity contribution in [1.29, 1.82) is 0 Å². The molecular formula is C15H25N3O2S. The van der Waals surface area contributed by atoms with Gasteiger partial charge in [-0.15, -0.1) is 0 Å². The molecule has 6 heteroatoms. The summed E-state index contributed by atoms with van der Waals surface area (Å²) in [6.45, 7) is 4.77. The van der Waals surface area contributed by atoms with E-state index in [-0.39, 0.29) is 0 Å². The fraction of sp³-hybridized carbons (Fsp3) is 0.600. The monoisotopic (exact) mass is 311 g/mol. The number of hydrogen-bond donors (Lipinski definition) is 1. The molecule has 5 nitrogen and oxygen atoms in total. The Hall–Kier alpha value is -0.950. The van der Waals surface area contributed by atoms with Gasteiger partial charge in [0, 0.05) is 25.7 Å². The second-order valence-electron chi connectivity index (χ2n) is 5.70. The van der Waals surface area contributed by atoms with Gasteiger partial charge in [0.2, 0.25) is 10.0 Å². The molecule has 118 valence electrons. The Morgan fingerprint density at radius 1 is 1.38 bits per heavy atom. The number of nitrogens with zero attached hydrogens (tertiary/aromatic N) is 2. The molecule has 0 spiro atoms. The first kappa shape index (κ1) is 16.4. The van der Waals surface area contributed by atoms with E-state index in [1.54, 1.807) is 16.4 Å². The van der Waals surface area contributed by atoms with Crippen LogP contribution < -0.4 is 5.32 Å². The van der Waals surface area contributed by atoms with Crippen molar-refractivity contribution < 1.29 is 8.42 Å². The van der Waals surface area contributed by atoms with Gasteiger partial charge in [0.1, 0.15) is 0 Å². The molecule has 21 heavy (non-hydrogen) atoms. The summed E-state index contributed by atoms with van der Waals surface area (Å²) in [6, 6.07) is 7.55. The number of hydrogen-bond acceptors (Lipinski definition) is 4. The first-order valence-electron chi connectivity index (χ1n) is 7.41. The SMILES string of the molecule is CCNCc1cccc(S(=O)(=O)N2CCC(N(C)C)C2)c1. The van der Waals surface area contributed by atoms with Crippen molar-refractivity contribution in [3.05, 3.63) is 29.8 Å². The van der Waals surface area contributed by atoms with E-state index in [0.29, 0.717) is 30.6 Å². The Morgan fingerprint density at radius 3 is 2.76 bits per heavy atom. The minimum atomic E-state index is -3.37. The molecule has 1 saturated heterocycles. The maximum absolute atomic E-state index is 12.7. The molecule has 1 N–H and O–H groups in total. The zero-order valence-electron chi connectivity index (χ0n) is 13.0. The smallest absolute Gasteiger partial charge is 0.243 e. The van der Waals surface area contributed by atoms with Crippen LogP contribution in [0.1, 0.15) is 18.9 Å². The van der Waals surface area contributed by atoms with Gasteiger partial charge in [-0.25, -0.2) is 8.42 Å². The minimum Gasteiger partial charge on any atom is -0.313 e. The molecule has 1 fully saturated rings. The number of benzene rings is 1. The zero-order valence-corrected chi connectivity index (χ0v) is 13.9. The molecular weight excluding hydrogens is 286 g/mol. The van der Waals surface area contributed by atoms with Crippen molar-refractivity contribution in [2.24, 2.45) is 0 Å². The molecule has 1 aliphatic heterocycles. The summed E-state index contributed by atoms with van der Waals surface area (Å²) in [5, 5.41) is 3.22. The molecule has 0 aromatic heterocycles. The maximum atomic E-state index is 12.7. The summed E-state index contributed by atoms with van der Waals surface area (Å²) >= 11 is 0. The summed E-state index contributed by atoms with van der Waals surface area (Å²) in [6.07, 6.45) is 0.892. The molecule has 1 aromatic rings. The van der Waals surface area contributed by atoms with Crippen molar-refractivity contribution in [1.82, 2.24) is 14.5 Å². The lowest BCUT2D eigenvalue weighted by molar-refractivity contribution is 0.302. The van der Waals surface area contributed by atoms with Crippen LogP contribution in [0.15, 0.2) is 29.2 Å². The van der Waals surface area contributed by atoms with E-state index >= 15 is 0 Å². The first-order chi connectivity index (χ1) is 9.95. The quantitative estimate of drug-likeness (QED) is 0.855. The van der Waals surface area contributed by atoms with Crippen molar-refractivity contribution >= 4 is 10.0 Å². The van der Waals surface area contributed by atoms with Crippen LogP contribution in [0.25, 0.3) is 0 Å². The predicted molar refractivity (Wildman–Crippen MR) is 84.7 cm³/mol. The molecule has 0 amide bonds. The third-order valence-electron chi connectivity index (χ3n) is 3.97. The normalized spacial score (nSPS) is 20.3. The summed E-state index contributed by atoms with van der Waals surface area (Å²) in [4.78, 5) is 2.49. The number of rotatable bonds is 6. The van der Waals surface area contributed by atoms with Gasteiger partial charge in [0.15, 0.2) is 0 Å². The van der Waals surface area contributed by atoms with Gasteiger partial charge in [0.05, 0.1) is 4.90 Å². The van der Waals surface area contributed by atoms with E-state index < -0.39 is 10.0 Å². The van der Waals surface area contributed by atoms with Crippen LogP contribution in [0.4, 0.5) is 0 Å². The van der Waals surface area contributed by atoms with Gasteiger partial charge in [-0.3, -0.25) is 0 Å². The molecule has 0 aliphatic carbocycles. The van der Waals surface area contributed by atoms with Gasteiger partial charge in [-0.1, -0.05) is 19.1 Å². The second-order valence-corrected chi connectivity index (χ2v) is 7.63. The van der Waals surface area contributed by atoms with Gasteiger partial charge in [-0.05, 0) is 44.8 Å². The Balaban J connectivity index is 2.16. The maximum Gasteiger partial charge on any atom is 0.243 e. The van der Waals surface area contributed by atoms with Crippen LogP contribution >= 0.6 is 0 Å². The number of likely N-dealkylation sites (N-methyl/N-ethyl adjacent to an activating group) is 1. The van der Waals surface area contributed by atoms with Gasteiger partial charge in [0.25, 0.3) is 0 Å². The highest BCUT2D eigenvalue weighted by atomic mass is 32.2. The number of sulfonamides is 1. The largest absolute Gasteiger partial charge is 0.313 e. The molecule has 1 aromatic carbocycles. The van der Waals surface area contributed by atoms with E-state index in [9.17, 15) is 8.42 Å². The van der Waals surface area contributed by atoms with Crippen molar-refractivity contribution in [3.63, 3.8) is 0 Å². The average molecular weight is 311 g/mol.